The van der Waals surface area contributed by atoms with E-state index in [1.165, 1.54) is 22.3 Å². The van der Waals surface area contributed by atoms with Crippen molar-refractivity contribution in [2.24, 2.45) is 0 Å². The molecule has 0 spiro atoms. The zero-order valence-electron chi connectivity index (χ0n) is 18.3. The van der Waals surface area contributed by atoms with Gasteiger partial charge in [-0.1, -0.05) is 26.0 Å². The minimum absolute atomic E-state index is 0.924. The molecule has 5 heteroatoms. The van der Waals surface area contributed by atoms with Crippen LogP contribution in [0.5, 0.6) is 0 Å². The Hall–Kier alpha value is -2.92. The van der Waals surface area contributed by atoms with Crippen LogP contribution in [0, 0.1) is 20.8 Å². The monoisotopic (exact) mass is 416 g/mol. The molecule has 154 valence electrons. The van der Waals surface area contributed by atoms with Crippen LogP contribution in [-0.2, 0) is 12.8 Å². The topological polar surface area (TPSA) is 42.7 Å². The molecule has 4 rings (SSSR count). The molecule has 0 aliphatic rings. The minimum Gasteiger partial charge on any atom is -0.331 e. The Balaban J connectivity index is 1.57. The maximum atomic E-state index is 4.84. The van der Waals surface area contributed by atoms with E-state index in [2.05, 4.69) is 73.7 Å². The Morgan fingerprint density at radius 1 is 1.00 bits per heavy atom. The summed E-state index contributed by atoms with van der Waals surface area (Å²) in [4.78, 5) is 9.14. The van der Waals surface area contributed by atoms with Gasteiger partial charge in [-0.15, -0.1) is 11.3 Å². The summed E-state index contributed by atoms with van der Waals surface area (Å²) in [5.74, 6) is 0. The molecule has 4 aromatic rings. The fourth-order valence-electron chi connectivity index (χ4n) is 4.09. The average Bonchev–Trinajstić information content (AvgIpc) is 3.39. The Kier molecular flexibility index (Phi) is 5.73. The molecule has 0 saturated carbocycles. The van der Waals surface area contributed by atoms with Crippen molar-refractivity contribution in [3.05, 3.63) is 76.2 Å². The number of benzene rings is 2. The van der Waals surface area contributed by atoms with E-state index >= 15 is 0 Å². The second-order valence-corrected chi connectivity index (χ2v) is 8.52. The summed E-state index contributed by atoms with van der Waals surface area (Å²) in [6.45, 7) is 10.9. The highest BCUT2D eigenvalue weighted by Gasteiger charge is 2.13. The zero-order valence-corrected chi connectivity index (χ0v) is 19.1. The van der Waals surface area contributed by atoms with Crippen LogP contribution in [0.2, 0.25) is 0 Å². The van der Waals surface area contributed by atoms with Gasteiger partial charge >= 0.3 is 0 Å². The highest BCUT2D eigenvalue weighted by atomic mass is 32.1. The molecule has 0 aliphatic heterocycles. The summed E-state index contributed by atoms with van der Waals surface area (Å²) in [7, 11) is 0. The standard InChI is InChI=1S/C25H28N4S/c1-6-21-16(3)12-23(18(5)22(21)7-2)27-25-28-24(14-30-25)19-8-10-20(11-9-19)29-13-17(4)26-15-29/h8-15H,6-7H2,1-5H3,(H,27,28). The number of thiazole rings is 1. The summed E-state index contributed by atoms with van der Waals surface area (Å²) in [5, 5.41) is 6.60. The summed E-state index contributed by atoms with van der Waals surface area (Å²) < 4.78 is 2.03. The Bertz CT molecular complexity index is 1170. The number of nitrogens with zero attached hydrogens (tertiary/aromatic N) is 3. The molecule has 30 heavy (non-hydrogen) atoms. The van der Waals surface area contributed by atoms with Crippen LogP contribution >= 0.6 is 11.3 Å². The lowest BCUT2D eigenvalue weighted by Crippen LogP contribution is -2.03. The van der Waals surface area contributed by atoms with Gasteiger partial charge in [0.15, 0.2) is 5.13 Å². The van der Waals surface area contributed by atoms with Gasteiger partial charge < -0.3 is 9.88 Å². The number of rotatable bonds is 6. The number of hydrogen-bond acceptors (Lipinski definition) is 4. The molecule has 0 radical (unpaired) electrons. The smallest absolute Gasteiger partial charge is 0.187 e. The van der Waals surface area contributed by atoms with Gasteiger partial charge in [-0.05, 0) is 74.1 Å². The molecule has 2 aromatic carbocycles. The van der Waals surface area contributed by atoms with Crippen molar-refractivity contribution in [1.82, 2.24) is 14.5 Å². The van der Waals surface area contributed by atoms with Crippen LogP contribution in [0.1, 0.15) is 41.8 Å². The predicted octanol–water partition coefficient (Wildman–Crippen LogP) is 6.79. The number of aromatic nitrogens is 3. The van der Waals surface area contributed by atoms with E-state index in [0.29, 0.717) is 0 Å². The summed E-state index contributed by atoms with van der Waals surface area (Å²) in [6.07, 6.45) is 6.00. The summed E-state index contributed by atoms with van der Waals surface area (Å²) in [6, 6.07) is 10.7. The molecule has 2 heterocycles. The van der Waals surface area contributed by atoms with Crippen molar-refractivity contribution < 1.29 is 0 Å². The Morgan fingerprint density at radius 3 is 2.37 bits per heavy atom. The van der Waals surface area contributed by atoms with E-state index in [0.717, 1.165) is 46.3 Å². The lowest BCUT2D eigenvalue weighted by molar-refractivity contribution is 1.00. The molecule has 0 bridgehead atoms. The van der Waals surface area contributed by atoms with Gasteiger partial charge in [-0.3, -0.25) is 0 Å². The first-order chi connectivity index (χ1) is 14.5. The van der Waals surface area contributed by atoms with Crippen LogP contribution < -0.4 is 5.32 Å². The molecule has 0 atom stereocenters. The number of anilines is 2. The fraction of sp³-hybridized carbons (Fsp3) is 0.280. The lowest BCUT2D eigenvalue weighted by atomic mass is 9.92. The molecule has 0 saturated heterocycles. The number of imidazole rings is 1. The van der Waals surface area contributed by atoms with Crippen LogP contribution in [0.3, 0.4) is 0 Å². The second-order valence-electron chi connectivity index (χ2n) is 7.66. The summed E-state index contributed by atoms with van der Waals surface area (Å²) in [5.41, 5.74) is 11.0. The van der Waals surface area contributed by atoms with Crippen molar-refractivity contribution in [3.63, 3.8) is 0 Å². The molecule has 1 N–H and O–H groups in total. The number of nitrogens with one attached hydrogen (secondary N) is 1. The van der Waals surface area contributed by atoms with Gasteiger partial charge in [0.05, 0.1) is 17.7 Å². The van der Waals surface area contributed by atoms with Crippen molar-refractivity contribution >= 4 is 22.2 Å². The predicted molar refractivity (Wildman–Crippen MR) is 127 cm³/mol. The van der Waals surface area contributed by atoms with Crippen LogP contribution in [0.25, 0.3) is 16.9 Å². The second kappa shape index (κ2) is 8.44. The van der Waals surface area contributed by atoms with Gasteiger partial charge in [0.1, 0.15) is 0 Å². The van der Waals surface area contributed by atoms with E-state index in [1.807, 2.05) is 24.0 Å². The largest absolute Gasteiger partial charge is 0.331 e. The van der Waals surface area contributed by atoms with Gasteiger partial charge in [0.25, 0.3) is 0 Å². The van der Waals surface area contributed by atoms with E-state index in [4.69, 9.17) is 4.98 Å². The normalized spacial score (nSPS) is 11.1. The fourth-order valence-corrected chi connectivity index (χ4v) is 4.82. The molecule has 4 nitrogen and oxygen atoms in total. The molecule has 2 aromatic heterocycles. The number of aryl methyl sites for hydroxylation is 2. The number of hydrogen-bond donors (Lipinski definition) is 1. The molecule has 0 aliphatic carbocycles. The highest BCUT2D eigenvalue weighted by Crippen LogP contribution is 2.32. The SMILES string of the molecule is CCc1c(C)cc(Nc2nc(-c3ccc(-n4cnc(C)c4)cc3)cs2)c(C)c1CC. The van der Waals surface area contributed by atoms with Crippen LogP contribution in [0.4, 0.5) is 10.8 Å². The maximum absolute atomic E-state index is 4.84. The third-order valence-corrected chi connectivity index (χ3v) is 6.44. The van der Waals surface area contributed by atoms with E-state index in [-0.39, 0.29) is 0 Å². The first-order valence-electron chi connectivity index (χ1n) is 10.5. The third kappa shape index (κ3) is 3.90. The van der Waals surface area contributed by atoms with Crippen molar-refractivity contribution in [1.29, 1.82) is 0 Å². The lowest BCUT2D eigenvalue weighted by Gasteiger charge is -2.17. The Morgan fingerprint density at radius 2 is 1.73 bits per heavy atom. The van der Waals surface area contributed by atoms with Crippen molar-refractivity contribution in [2.75, 3.05) is 5.32 Å². The molecule has 0 unspecified atom stereocenters. The molecule has 0 fully saturated rings. The minimum atomic E-state index is 0.924. The first kappa shape index (κ1) is 20.4. The van der Waals surface area contributed by atoms with Gasteiger partial charge in [0.2, 0.25) is 0 Å². The average molecular weight is 417 g/mol. The van der Waals surface area contributed by atoms with E-state index in [9.17, 15) is 0 Å². The van der Waals surface area contributed by atoms with Crippen molar-refractivity contribution in [3.8, 4) is 16.9 Å². The van der Waals surface area contributed by atoms with Crippen molar-refractivity contribution in [2.45, 2.75) is 47.5 Å². The highest BCUT2D eigenvalue weighted by molar-refractivity contribution is 7.14. The third-order valence-electron chi connectivity index (χ3n) is 5.68. The first-order valence-corrected chi connectivity index (χ1v) is 11.3. The maximum Gasteiger partial charge on any atom is 0.187 e. The van der Waals surface area contributed by atoms with Crippen LogP contribution in [0.15, 0.2) is 48.2 Å². The van der Waals surface area contributed by atoms with Crippen LogP contribution in [-0.4, -0.2) is 14.5 Å². The zero-order chi connectivity index (χ0) is 21.3. The van der Waals surface area contributed by atoms with E-state index in [1.54, 1.807) is 11.3 Å². The van der Waals surface area contributed by atoms with Gasteiger partial charge in [0, 0.05) is 28.5 Å². The Labute approximate surface area is 182 Å². The summed E-state index contributed by atoms with van der Waals surface area (Å²) >= 11 is 1.64. The van der Waals surface area contributed by atoms with Gasteiger partial charge in [-0.2, -0.15) is 0 Å². The molecule has 0 amide bonds. The quantitative estimate of drug-likeness (QED) is 0.376. The molecular weight excluding hydrogens is 388 g/mol. The van der Waals surface area contributed by atoms with Gasteiger partial charge in [-0.25, -0.2) is 9.97 Å². The molecular formula is C25H28N4S. The van der Waals surface area contributed by atoms with E-state index < -0.39 is 0 Å².